The third-order valence-electron chi connectivity index (χ3n) is 6.65. The van der Waals surface area contributed by atoms with Gasteiger partial charge < -0.3 is 28.4 Å². The summed E-state index contributed by atoms with van der Waals surface area (Å²) in [5.41, 5.74) is 3.18. The number of methoxy groups -OCH3 is 2. The number of carbonyl (C=O) groups is 2. The second kappa shape index (κ2) is 10.7. The molecular weight excluding hydrogens is 481 g/mol. The first kappa shape index (κ1) is 24.9. The Morgan fingerprint density at radius 1 is 1.24 bits per heavy atom. The molecule has 9 nitrogen and oxygen atoms in total. The standard InChI is InChI=1S/C27H28FN3O6/c1-34-16-37-26-20(4-3-5-21(26)28)17-8-10-30(25(32)13-17)15-24-29-22-7-6-18(27(33)35-2)12-23(22)31(24)14-19-9-11-36-19/h3-7,12-13,19H,8-11,14-16H2,1-2H3/t19-/m0/s1. The normalized spacial score (nSPS) is 17.5. The van der Waals surface area contributed by atoms with Gasteiger partial charge in [0.2, 0.25) is 5.91 Å². The third kappa shape index (κ3) is 5.07. The molecule has 1 amide bonds. The second-order valence-corrected chi connectivity index (χ2v) is 8.96. The number of ether oxygens (including phenoxy) is 4. The Hall–Kier alpha value is -3.76. The van der Waals surface area contributed by atoms with Crippen LogP contribution in [-0.4, -0.2) is 66.6 Å². The van der Waals surface area contributed by atoms with Crippen molar-refractivity contribution in [2.45, 2.75) is 32.0 Å². The molecule has 1 fully saturated rings. The number of esters is 1. The fourth-order valence-corrected chi connectivity index (χ4v) is 4.62. The zero-order chi connectivity index (χ0) is 25.9. The van der Waals surface area contributed by atoms with Gasteiger partial charge in [0.25, 0.3) is 0 Å². The molecule has 1 saturated heterocycles. The molecule has 0 unspecified atom stereocenters. The van der Waals surface area contributed by atoms with Crippen LogP contribution in [0.5, 0.6) is 5.75 Å². The predicted octanol–water partition coefficient (Wildman–Crippen LogP) is 3.55. The van der Waals surface area contributed by atoms with Crippen LogP contribution in [0.15, 0.2) is 42.5 Å². The average molecular weight is 510 g/mol. The lowest BCUT2D eigenvalue weighted by Crippen LogP contribution is -2.36. The number of carbonyl (C=O) groups excluding carboxylic acids is 2. The van der Waals surface area contributed by atoms with Crippen molar-refractivity contribution in [3.05, 3.63) is 65.2 Å². The Morgan fingerprint density at radius 2 is 2.08 bits per heavy atom. The lowest BCUT2D eigenvalue weighted by Gasteiger charge is -2.29. The molecule has 0 saturated carbocycles. The summed E-state index contributed by atoms with van der Waals surface area (Å²) in [4.78, 5) is 31.7. The van der Waals surface area contributed by atoms with Crippen molar-refractivity contribution in [2.24, 2.45) is 0 Å². The molecule has 0 aliphatic carbocycles. The van der Waals surface area contributed by atoms with Gasteiger partial charge in [0, 0.05) is 31.9 Å². The molecule has 0 radical (unpaired) electrons. The first-order valence-electron chi connectivity index (χ1n) is 12.1. The van der Waals surface area contributed by atoms with Crippen LogP contribution in [0.1, 0.15) is 34.6 Å². The van der Waals surface area contributed by atoms with Gasteiger partial charge in [-0.05, 0) is 42.7 Å². The van der Waals surface area contributed by atoms with E-state index in [1.165, 1.54) is 26.4 Å². The molecule has 37 heavy (non-hydrogen) atoms. The zero-order valence-electron chi connectivity index (χ0n) is 20.7. The average Bonchev–Trinajstić information content (AvgIpc) is 3.22. The van der Waals surface area contributed by atoms with Crippen molar-refractivity contribution >= 4 is 28.5 Å². The maximum absolute atomic E-state index is 14.4. The van der Waals surface area contributed by atoms with Crippen LogP contribution in [0.2, 0.25) is 0 Å². The first-order chi connectivity index (χ1) is 18.0. The van der Waals surface area contributed by atoms with E-state index >= 15 is 0 Å². The number of hydrogen-bond donors (Lipinski definition) is 0. The summed E-state index contributed by atoms with van der Waals surface area (Å²) in [6, 6.07) is 9.87. The molecule has 2 aromatic carbocycles. The highest BCUT2D eigenvalue weighted by Gasteiger charge is 2.27. The SMILES string of the molecule is COCOc1c(F)cccc1C1=CC(=O)N(Cc2nc3ccc(C(=O)OC)cc3n2C[C@@H]2CCO2)CC1. The number of rotatable bonds is 9. The number of nitrogens with zero attached hydrogens (tertiary/aromatic N) is 3. The van der Waals surface area contributed by atoms with Crippen LogP contribution >= 0.6 is 0 Å². The van der Waals surface area contributed by atoms with E-state index in [1.54, 1.807) is 35.2 Å². The van der Waals surface area contributed by atoms with Gasteiger partial charge in [-0.25, -0.2) is 14.2 Å². The number of fused-ring (bicyclic) bond motifs is 1. The van der Waals surface area contributed by atoms with Crippen LogP contribution in [0.25, 0.3) is 16.6 Å². The smallest absolute Gasteiger partial charge is 0.337 e. The molecule has 2 aliphatic rings. The molecule has 0 spiro atoms. The number of aromatic nitrogens is 2. The third-order valence-corrected chi connectivity index (χ3v) is 6.65. The zero-order valence-corrected chi connectivity index (χ0v) is 20.7. The molecule has 194 valence electrons. The predicted molar refractivity (Wildman–Crippen MR) is 132 cm³/mol. The Morgan fingerprint density at radius 3 is 2.78 bits per heavy atom. The molecule has 0 bridgehead atoms. The number of para-hydroxylation sites is 1. The summed E-state index contributed by atoms with van der Waals surface area (Å²) in [5, 5.41) is 0. The van der Waals surface area contributed by atoms with Crippen molar-refractivity contribution in [3.63, 3.8) is 0 Å². The number of imidazole rings is 1. The molecule has 0 N–H and O–H groups in total. The van der Waals surface area contributed by atoms with E-state index in [-0.39, 0.29) is 31.1 Å². The highest BCUT2D eigenvalue weighted by molar-refractivity contribution is 5.98. The molecule has 2 aliphatic heterocycles. The van der Waals surface area contributed by atoms with E-state index in [0.29, 0.717) is 48.6 Å². The molecular formula is C27H28FN3O6. The van der Waals surface area contributed by atoms with Crippen molar-refractivity contribution < 1.29 is 32.9 Å². The van der Waals surface area contributed by atoms with Gasteiger partial charge in [-0.2, -0.15) is 0 Å². The Labute approximate surface area is 213 Å². The van der Waals surface area contributed by atoms with Gasteiger partial charge in [0.05, 0.1) is 42.9 Å². The number of halogens is 1. The number of amides is 1. The highest BCUT2D eigenvalue weighted by Crippen LogP contribution is 2.33. The summed E-state index contributed by atoms with van der Waals surface area (Å²) >= 11 is 0. The topological polar surface area (TPSA) is 92.1 Å². The van der Waals surface area contributed by atoms with Crippen molar-refractivity contribution in [1.82, 2.24) is 14.5 Å². The molecule has 1 aromatic heterocycles. The molecule has 1 atom stereocenters. The minimum Gasteiger partial charge on any atom is -0.465 e. The van der Waals surface area contributed by atoms with Gasteiger partial charge in [-0.1, -0.05) is 12.1 Å². The quantitative estimate of drug-likeness (QED) is 0.322. The van der Waals surface area contributed by atoms with Gasteiger partial charge >= 0.3 is 5.97 Å². The summed E-state index contributed by atoms with van der Waals surface area (Å²) in [5.74, 6) is -0.361. The number of benzene rings is 2. The maximum Gasteiger partial charge on any atom is 0.337 e. The summed E-state index contributed by atoms with van der Waals surface area (Å²) < 4.78 is 37.3. The van der Waals surface area contributed by atoms with E-state index < -0.39 is 11.8 Å². The lowest BCUT2D eigenvalue weighted by atomic mass is 9.98. The molecule has 3 aromatic rings. The highest BCUT2D eigenvalue weighted by atomic mass is 19.1. The van der Waals surface area contributed by atoms with Gasteiger partial charge in [0.15, 0.2) is 18.4 Å². The first-order valence-corrected chi connectivity index (χ1v) is 12.1. The van der Waals surface area contributed by atoms with Gasteiger partial charge in [-0.3, -0.25) is 4.79 Å². The molecule has 10 heteroatoms. The van der Waals surface area contributed by atoms with Crippen molar-refractivity contribution in [1.29, 1.82) is 0 Å². The second-order valence-electron chi connectivity index (χ2n) is 8.96. The van der Waals surface area contributed by atoms with E-state index in [4.69, 9.17) is 23.9 Å². The summed E-state index contributed by atoms with van der Waals surface area (Å²) in [6.45, 7) is 1.91. The molecule has 3 heterocycles. The minimum atomic E-state index is -0.511. The van der Waals surface area contributed by atoms with E-state index in [1.807, 2.05) is 4.57 Å². The Balaban J connectivity index is 1.42. The van der Waals surface area contributed by atoms with Crippen LogP contribution in [0.3, 0.4) is 0 Å². The van der Waals surface area contributed by atoms with Crippen LogP contribution in [0, 0.1) is 5.82 Å². The van der Waals surface area contributed by atoms with Crippen LogP contribution < -0.4 is 4.74 Å². The van der Waals surface area contributed by atoms with Crippen molar-refractivity contribution in [2.75, 3.05) is 34.2 Å². The van der Waals surface area contributed by atoms with Gasteiger partial charge in [0.1, 0.15) is 5.82 Å². The molecule has 5 rings (SSSR count). The fourth-order valence-electron chi connectivity index (χ4n) is 4.62. The lowest BCUT2D eigenvalue weighted by molar-refractivity contribution is -0.127. The van der Waals surface area contributed by atoms with Gasteiger partial charge in [-0.15, -0.1) is 0 Å². The van der Waals surface area contributed by atoms with E-state index in [2.05, 4.69) is 0 Å². The van der Waals surface area contributed by atoms with E-state index in [9.17, 15) is 14.0 Å². The maximum atomic E-state index is 14.4. The van der Waals surface area contributed by atoms with Crippen molar-refractivity contribution in [3.8, 4) is 5.75 Å². The number of hydrogen-bond acceptors (Lipinski definition) is 7. The monoisotopic (exact) mass is 509 g/mol. The summed E-state index contributed by atoms with van der Waals surface area (Å²) in [7, 11) is 2.81. The fraction of sp³-hybridized carbons (Fsp3) is 0.370. The van der Waals surface area contributed by atoms with Crippen LogP contribution in [0.4, 0.5) is 4.39 Å². The minimum absolute atomic E-state index is 0.0555. The van der Waals surface area contributed by atoms with E-state index in [0.717, 1.165) is 17.5 Å². The Bertz CT molecular complexity index is 1360. The Kier molecular flexibility index (Phi) is 7.20. The largest absolute Gasteiger partial charge is 0.465 e. The summed E-state index contributed by atoms with van der Waals surface area (Å²) in [6.07, 6.45) is 3.04. The van der Waals surface area contributed by atoms with Crippen LogP contribution in [-0.2, 0) is 32.1 Å².